The van der Waals surface area contributed by atoms with Crippen LogP contribution in [-0.4, -0.2) is 26.6 Å². The number of anilines is 1. The lowest BCUT2D eigenvalue weighted by molar-refractivity contribution is -0.120. The molecule has 5 nitrogen and oxygen atoms in total. The van der Waals surface area contributed by atoms with Crippen LogP contribution in [0, 0.1) is 0 Å². The van der Waals surface area contributed by atoms with Gasteiger partial charge in [0.15, 0.2) is 9.84 Å². The van der Waals surface area contributed by atoms with E-state index in [9.17, 15) is 13.2 Å². The van der Waals surface area contributed by atoms with E-state index < -0.39 is 9.84 Å². The van der Waals surface area contributed by atoms with Crippen LogP contribution in [0.2, 0.25) is 0 Å². The van der Waals surface area contributed by atoms with Gasteiger partial charge < -0.3 is 11.1 Å². The molecule has 0 atom stereocenters. The molecule has 0 heterocycles. The molecule has 18 heavy (non-hydrogen) atoms. The Hall–Kier alpha value is -1.08. The summed E-state index contributed by atoms with van der Waals surface area (Å²) in [5.74, 6) is -0.526. The van der Waals surface area contributed by atoms with E-state index in [1.807, 2.05) is 0 Å². The lowest BCUT2D eigenvalue weighted by Crippen LogP contribution is -2.25. The molecule has 0 spiro atoms. The number of nitrogens with two attached hydrogens (primary N) is 1. The van der Waals surface area contributed by atoms with Gasteiger partial charge in [0.1, 0.15) is 0 Å². The average Bonchev–Trinajstić information content (AvgIpc) is 2.26. The van der Waals surface area contributed by atoms with Crippen molar-refractivity contribution in [3.05, 3.63) is 22.7 Å². The molecule has 1 amide bonds. The second-order valence-electron chi connectivity index (χ2n) is 3.70. The van der Waals surface area contributed by atoms with Gasteiger partial charge in [-0.15, -0.1) is 0 Å². The number of nitrogens with one attached hydrogen (secondary N) is 1. The fourth-order valence-corrected chi connectivity index (χ4v) is 3.17. The maximum Gasteiger partial charge on any atom is 0.221 e. The third-order valence-electron chi connectivity index (χ3n) is 2.28. The normalized spacial score (nSPS) is 11.2. The number of carbonyl (C=O) groups excluding carboxylic acids is 1. The Bertz CT molecular complexity index is 543. The number of nitrogen functional groups attached to an aromatic ring is 1. The van der Waals surface area contributed by atoms with E-state index in [-0.39, 0.29) is 28.7 Å². The highest BCUT2D eigenvalue weighted by Gasteiger charge is 2.19. The molecule has 3 N–H and O–H groups in total. The zero-order valence-corrected chi connectivity index (χ0v) is 12.3. The quantitative estimate of drug-likeness (QED) is 0.795. The van der Waals surface area contributed by atoms with Gasteiger partial charge in [-0.05, 0) is 25.1 Å². The van der Waals surface area contributed by atoms with Gasteiger partial charge in [0.2, 0.25) is 5.91 Å². The van der Waals surface area contributed by atoms with Crippen LogP contribution in [0.5, 0.6) is 0 Å². The van der Waals surface area contributed by atoms with Crippen LogP contribution in [0.4, 0.5) is 5.69 Å². The minimum Gasteiger partial charge on any atom is -0.398 e. The summed E-state index contributed by atoms with van der Waals surface area (Å²) in [6.07, 6.45) is -0.0638. The van der Waals surface area contributed by atoms with Crippen LogP contribution in [0.3, 0.4) is 0 Å². The monoisotopic (exact) mass is 334 g/mol. The van der Waals surface area contributed by atoms with Crippen molar-refractivity contribution in [1.82, 2.24) is 5.32 Å². The van der Waals surface area contributed by atoms with Crippen molar-refractivity contribution in [2.24, 2.45) is 0 Å². The predicted octanol–water partition coefficient (Wildman–Crippen LogP) is 1.33. The van der Waals surface area contributed by atoms with Crippen molar-refractivity contribution in [2.45, 2.75) is 18.2 Å². The van der Waals surface area contributed by atoms with Crippen molar-refractivity contribution in [2.75, 3.05) is 18.0 Å². The Labute approximate surface area is 115 Å². The van der Waals surface area contributed by atoms with E-state index in [0.717, 1.165) is 0 Å². The van der Waals surface area contributed by atoms with Gasteiger partial charge in [-0.25, -0.2) is 8.42 Å². The summed E-state index contributed by atoms with van der Waals surface area (Å²) in [7, 11) is -3.53. The van der Waals surface area contributed by atoms with E-state index in [1.54, 1.807) is 13.0 Å². The van der Waals surface area contributed by atoms with E-state index in [2.05, 4.69) is 21.2 Å². The number of amides is 1. The first-order chi connectivity index (χ1) is 8.36. The number of rotatable bonds is 5. The molecule has 0 aliphatic heterocycles. The summed E-state index contributed by atoms with van der Waals surface area (Å²) in [4.78, 5) is 11.3. The third-order valence-corrected chi connectivity index (χ3v) is 4.56. The summed E-state index contributed by atoms with van der Waals surface area (Å²) in [6.45, 7) is 2.26. The molecular weight excluding hydrogens is 320 g/mol. The number of benzene rings is 1. The van der Waals surface area contributed by atoms with Gasteiger partial charge in [-0.1, -0.05) is 15.9 Å². The smallest absolute Gasteiger partial charge is 0.221 e. The first kappa shape index (κ1) is 15.0. The minimum atomic E-state index is -3.53. The number of hydrogen-bond acceptors (Lipinski definition) is 4. The van der Waals surface area contributed by atoms with Crippen molar-refractivity contribution in [3.8, 4) is 0 Å². The Morgan fingerprint density at radius 2 is 2.11 bits per heavy atom. The maximum atomic E-state index is 12.0. The molecule has 1 rings (SSSR count). The molecule has 1 aromatic rings. The molecule has 1 aromatic carbocycles. The number of carbonyl (C=O) groups is 1. The number of sulfone groups is 1. The Morgan fingerprint density at radius 3 is 2.67 bits per heavy atom. The van der Waals surface area contributed by atoms with Crippen LogP contribution >= 0.6 is 15.9 Å². The molecule has 0 fully saturated rings. The number of halogens is 1. The highest BCUT2D eigenvalue weighted by Crippen LogP contribution is 2.24. The predicted molar refractivity (Wildman–Crippen MR) is 73.9 cm³/mol. The highest BCUT2D eigenvalue weighted by atomic mass is 79.9. The molecule has 7 heteroatoms. The van der Waals surface area contributed by atoms with Gasteiger partial charge >= 0.3 is 0 Å². The van der Waals surface area contributed by atoms with Crippen molar-refractivity contribution in [1.29, 1.82) is 0 Å². The Kier molecular flexibility index (Phi) is 5.15. The second kappa shape index (κ2) is 6.19. The summed E-state index contributed by atoms with van der Waals surface area (Å²) in [6, 6.07) is 4.57. The van der Waals surface area contributed by atoms with Gasteiger partial charge in [-0.2, -0.15) is 0 Å². The van der Waals surface area contributed by atoms with Crippen molar-refractivity contribution in [3.63, 3.8) is 0 Å². The molecule has 0 aliphatic carbocycles. The lowest BCUT2D eigenvalue weighted by Gasteiger charge is -2.07. The van der Waals surface area contributed by atoms with Gasteiger partial charge in [0, 0.05) is 17.4 Å². The van der Waals surface area contributed by atoms with Crippen LogP contribution in [-0.2, 0) is 14.6 Å². The fourth-order valence-electron chi connectivity index (χ4n) is 1.43. The molecule has 0 aromatic heterocycles. The number of hydrogen-bond donors (Lipinski definition) is 2. The van der Waals surface area contributed by atoms with Crippen molar-refractivity contribution >= 4 is 37.4 Å². The molecule has 0 saturated heterocycles. The van der Waals surface area contributed by atoms with Crippen LogP contribution < -0.4 is 11.1 Å². The van der Waals surface area contributed by atoms with Crippen molar-refractivity contribution < 1.29 is 13.2 Å². The van der Waals surface area contributed by atoms with Gasteiger partial charge in [0.25, 0.3) is 0 Å². The van der Waals surface area contributed by atoms with Crippen LogP contribution in [0.15, 0.2) is 27.6 Å². The van der Waals surface area contributed by atoms with E-state index in [0.29, 0.717) is 11.0 Å². The summed E-state index contributed by atoms with van der Waals surface area (Å²) in [5, 5.41) is 2.55. The van der Waals surface area contributed by atoms with Crippen LogP contribution in [0.1, 0.15) is 13.3 Å². The largest absolute Gasteiger partial charge is 0.398 e. The second-order valence-corrected chi connectivity index (χ2v) is 6.70. The lowest BCUT2D eigenvalue weighted by atomic mass is 10.3. The molecule has 0 bridgehead atoms. The maximum absolute atomic E-state index is 12.0. The zero-order valence-electron chi connectivity index (χ0n) is 9.94. The summed E-state index contributed by atoms with van der Waals surface area (Å²) < 4.78 is 24.7. The molecule has 0 aliphatic rings. The van der Waals surface area contributed by atoms with E-state index >= 15 is 0 Å². The summed E-state index contributed by atoms with van der Waals surface area (Å²) >= 11 is 3.21. The zero-order chi connectivity index (χ0) is 13.8. The summed E-state index contributed by atoms with van der Waals surface area (Å²) in [5.41, 5.74) is 5.84. The average molecular weight is 335 g/mol. The minimum absolute atomic E-state index is 0.0638. The first-order valence-electron chi connectivity index (χ1n) is 5.41. The fraction of sp³-hybridized carbons (Fsp3) is 0.364. The van der Waals surface area contributed by atoms with Gasteiger partial charge in [-0.3, -0.25) is 4.79 Å². The molecular formula is C11H15BrN2O3S. The molecule has 0 saturated carbocycles. The molecule has 100 valence electrons. The SMILES string of the molecule is CCNC(=O)CCS(=O)(=O)c1ccc(Br)cc1N. The van der Waals surface area contributed by atoms with Crippen LogP contribution in [0.25, 0.3) is 0 Å². The Morgan fingerprint density at radius 1 is 1.44 bits per heavy atom. The van der Waals surface area contributed by atoms with E-state index in [1.165, 1.54) is 12.1 Å². The highest BCUT2D eigenvalue weighted by molar-refractivity contribution is 9.10. The van der Waals surface area contributed by atoms with Gasteiger partial charge in [0.05, 0.1) is 16.3 Å². The molecule has 0 radical (unpaired) electrons. The third kappa shape index (κ3) is 3.99. The molecule has 0 unspecified atom stereocenters. The topological polar surface area (TPSA) is 89.3 Å². The standard InChI is InChI=1S/C11H15BrN2O3S/c1-2-14-11(15)5-6-18(16,17)10-4-3-8(12)7-9(10)13/h3-4,7H,2,5-6,13H2,1H3,(H,14,15). The Balaban J connectivity index is 2.83. The first-order valence-corrected chi connectivity index (χ1v) is 7.86. The van der Waals surface area contributed by atoms with E-state index in [4.69, 9.17) is 5.73 Å².